The Kier molecular flexibility index (Phi) is 5.43. The molecule has 0 radical (unpaired) electrons. The summed E-state index contributed by atoms with van der Waals surface area (Å²) in [6, 6.07) is 13.6. The molecular weight excluding hydrogens is 320 g/mol. The summed E-state index contributed by atoms with van der Waals surface area (Å²) in [6.07, 6.45) is 4.97. The lowest BCUT2D eigenvalue weighted by molar-refractivity contribution is -0.117. The molecule has 0 saturated carbocycles. The van der Waals surface area contributed by atoms with Gasteiger partial charge < -0.3 is 10.2 Å². The standard InChI is InChI=1S/C19H20N2O2S/c22-18(9-8-15-5-2-1-3-6-15)20-16-10-12-21(13-11-16)19(23)17-7-4-14-24-17/h1-9,14,16H,10-13H2,(H,20,22)/b9-8+. The second-order valence-electron chi connectivity index (χ2n) is 5.80. The van der Waals surface area contributed by atoms with Crippen LogP contribution < -0.4 is 5.32 Å². The number of nitrogens with one attached hydrogen (secondary N) is 1. The summed E-state index contributed by atoms with van der Waals surface area (Å²) in [5.74, 6) is 0.0145. The molecule has 1 N–H and O–H groups in total. The van der Waals surface area contributed by atoms with Gasteiger partial charge in [0.1, 0.15) is 0 Å². The van der Waals surface area contributed by atoms with Gasteiger partial charge in [-0.25, -0.2) is 0 Å². The zero-order valence-corrected chi connectivity index (χ0v) is 14.2. The van der Waals surface area contributed by atoms with E-state index in [2.05, 4.69) is 5.32 Å². The van der Waals surface area contributed by atoms with E-state index in [0.717, 1.165) is 23.3 Å². The maximum Gasteiger partial charge on any atom is 0.263 e. The number of carbonyl (C=O) groups excluding carboxylic acids is 2. The number of hydrogen-bond acceptors (Lipinski definition) is 3. The zero-order valence-electron chi connectivity index (χ0n) is 13.4. The van der Waals surface area contributed by atoms with E-state index in [9.17, 15) is 9.59 Å². The van der Waals surface area contributed by atoms with Crippen molar-refractivity contribution in [3.05, 3.63) is 64.4 Å². The molecule has 0 atom stereocenters. The summed E-state index contributed by atoms with van der Waals surface area (Å²) in [4.78, 5) is 26.9. The van der Waals surface area contributed by atoms with E-state index >= 15 is 0 Å². The van der Waals surface area contributed by atoms with E-state index in [-0.39, 0.29) is 17.9 Å². The molecule has 1 fully saturated rings. The third kappa shape index (κ3) is 4.32. The number of piperidine rings is 1. The van der Waals surface area contributed by atoms with E-state index < -0.39 is 0 Å². The Bertz CT molecular complexity index is 702. The maximum atomic E-state index is 12.3. The molecular formula is C19H20N2O2S. The van der Waals surface area contributed by atoms with Gasteiger partial charge in [0, 0.05) is 25.2 Å². The first-order valence-electron chi connectivity index (χ1n) is 8.09. The third-order valence-corrected chi connectivity index (χ3v) is 4.95. The molecule has 2 amide bonds. The molecule has 1 aromatic heterocycles. The predicted molar refractivity (Wildman–Crippen MR) is 96.9 cm³/mol. The quantitative estimate of drug-likeness (QED) is 0.869. The molecule has 1 aromatic carbocycles. The maximum absolute atomic E-state index is 12.3. The van der Waals surface area contributed by atoms with Gasteiger partial charge in [-0.3, -0.25) is 9.59 Å². The van der Waals surface area contributed by atoms with E-state index in [4.69, 9.17) is 0 Å². The first-order valence-corrected chi connectivity index (χ1v) is 8.97. The van der Waals surface area contributed by atoms with Crippen molar-refractivity contribution >= 4 is 29.2 Å². The van der Waals surface area contributed by atoms with Crippen LogP contribution in [-0.2, 0) is 4.79 Å². The molecule has 0 spiro atoms. The van der Waals surface area contributed by atoms with Crippen molar-refractivity contribution in [1.29, 1.82) is 0 Å². The van der Waals surface area contributed by atoms with E-state index in [1.54, 1.807) is 6.08 Å². The van der Waals surface area contributed by atoms with E-state index in [1.165, 1.54) is 11.3 Å². The van der Waals surface area contributed by atoms with Crippen molar-refractivity contribution in [2.45, 2.75) is 18.9 Å². The first kappa shape index (κ1) is 16.5. The largest absolute Gasteiger partial charge is 0.350 e. The highest BCUT2D eigenvalue weighted by Crippen LogP contribution is 2.17. The molecule has 0 unspecified atom stereocenters. The molecule has 124 valence electrons. The highest BCUT2D eigenvalue weighted by Gasteiger charge is 2.24. The van der Waals surface area contributed by atoms with Crippen LogP contribution in [-0.4, -0.2) is 35.8 Å². The summed E-state index contributed by atoms with van der Waals surface area (Å²) in [7, 11) is 0. The van der Waals surface area contributed by atoms with Gasteiger partial charge in [0.15, 0.2) is 0 Å². The van der Waals surface area contributed by atoms with Crippen molar-refractivity contribution in [2.75, 3.05) is 13.1 Å². The normalized spacial score (nSPS) is 15.6. The van der Waals surface area contributed by atoms with Crippen molar-refractivity contribution in [1.82, 2.24) is 10.2 Å². The Morgan fingerprint density at radius 1 is 1.08 bits per heavy atom. The van der Waals surface area contributed by atoms with Crippen LogP contribution in [0.15, 0.2) is 53.9 Å². The van der Waals surface area contributed by atoms with Gasteiger partial charge in [-0.2, -0.15) is 0 Å². The third-order valence-electron chi connectivity index (χ3n) is 4.09. The van der Waals surface area contributed by atoms with Crippen LogP contribution >= 0.6 is 11.3 Å². The van der Waals surface area contributed by atoms with Gasteiger partial charge in [-0.05, 0) is 35.9 Å². The average Bonchev–Trinajstić information content (AvgIpc) is 3.16. The summed E-state index contributed by atoms with van der Waals surface area (Å²) in [5.41, 5.74) is 1.00. The lowest BCUT2D eigenvalue weighted by Gasteiger charge is -2.32. The molecule has 1 aliphatic heterocycles. The highest BCUT2D eigenvalue weighted by atomic mass is 32.1. The van der Waals surface area contributed by atoms with Crippen molar-refractivity contribution in [3.8, 4) is 0 Å². The van der Waals surface area contributed by atoms with E-state index in [1.807, 2.05) is 58.8 Å². The lowest BCUT2D eigenvalue weighted by atomic mass is 10.0. The smallest absolute Gasteiger partial charge is 0.263 e. The minimum absolute atomic E-state index is 0.0816. The Morgan fingerprint density at radius 3 is 2.50 bits per heavy atom. The number of carbonyl (C=O) groups is 2. The summed E-state index contributed by atoms with van der Waals surface area (Å²) in [6.45, 7) is 1.37. The number of benzene rings is 1. The van der Waals surface area contributed by atoms with Gasteiger partial charge in [0.2, 0.25) is 5.91 Å². The minimum Gasteiger partial charge on any atom is -0.350 e. The monoisotopic (exact) mass is 340 g/mol. The van der Waals surface area contributed by atoms with Crippen LogP contribution in [0.2, 0.25) is 0 Å². The highest BCUT2D eigenvalue weighted by molar-refractivity contribution is 7.12. The van der Waals surface area contributed by atoms with Gasteiger partial charge in [0.25, 0.3) is 5.91 Å². The van der Waals surface area contributed by atoms with Crippen LogP contribution in [0.1, 0.15) is 28.1 Å². The fraction of sp³-hybridized carbons (Fsp3) is 0.263. The summed E-state index contributed by atoms with van der Waals surface area (Å²) < 4.78 is 0. The number of thiophene rings is 1. The van der Waals surface area contributed by atoms with Crippen LogP contribution in [0, 0.1) is 0 Å². The lowest BCUT2D eigenvalue weighted by Crippen LogP contribution is -2.46. The van der Waals surface area contributed by atoms with Crippen molar-refractivity contribution < 1.29 is 9.59 Å². The molecule has 5 heteroatoms. The van der Waals surface area contributed by atoms with Gasteiger partial charge >= 0.3 is 0 Å². The molecule has 24 heavy (non-hydrogen) atoms. The molecule has 2 heterocycles. The molecule has 1 saturated heterocycles. The summed E-state index contributed by atoms with van der Waals surface area (Å²) >= 11 is 1.47. The second-order valence-corrected chi connectivity index (χ2v) is 6.74. The SMILES string of the molecule is O=C(/C=C/c1ccccc1)NC1CCN(C(=O)c2cccs2)CC1. The molecule has 0 aliphatic carbocycles. The van der Waals surface area contributed by atoms with Crippen LogP contribution in [0.3, 0.4) is 0 Å². The first-order chi connectivity index (χ1) is 11.7. The topological polar surface area (TPSA) is 49.4 Å². The molecule has 1 aliphatic rings. The van der Waals surface area contributed by atoms with Gasteiger partial charge in [-0.15, -0.1) is 11.3 Å². The number of likely N-dealkylation sites (tertiary alicyclic amines) is 1. The Balaban J connectivity index is 1.46. The summed E-state index contributed by atoms with van der Waals surface area (Å²) in [5, 5.41) is 4.94. The van der Waals surface area contributed by atoms with Crippen molar-refractivity contribution in [3.63, 3.8) is 0 Å². The Morgan fingerprint density at radius 2 is 1.83 bits per heavy atom. The number of nitrogens with zero attached hydrogens (tertiary/aromatic N) is 1. The van der Waals surface area contributed by atoms with E-state index in [0.29, 0.717) is 13.1 Å². The van der Waals surface area contributed by atoms with Crippen LogP contribution in [0.4, 0.5) is 0 Å². The number of amides is 2. The Labute approximate surface area is 145 Å². The average molecular weight is 340 g/mol. The van der Waals surface area contributed by atoms with Gasteiger partial charge in [-0.1, -0.05) is 36.4 Å². The molecule has 3 rings (SSSR count). The number of hydrogen-bond donors (Lipinski definition) is 1. The van der Waals surface area contributed by atoms with Gasteiger partial charge in [0.05, 0.1) is 4.88 Å². The molecule has 2 aromatic rings. The Hall–Kier alpha value is -2.40. The second kappa shape index (κ2) is 7.93. The molecule has 0 bridgehead atoms. The minimum atomic E-state index is -0.0816. The van der Waals surface area contributed by atoms with Crippen molar-refractivity contribution in [2.24, 2.45) is 0 Å². The molecule has 4 nitrogen and oxygen atoms in total. The number of rotatable bonds is 4. The zero-order chi connectivity index (χ0) is 16.8. The predicted octanol–water partition coefficient (Wildman–Crippen LogP) is 3.18. The fourth-order valence-electron chi connectivity index (χ4n) is 2.77. The van der Waals surface area contributed by atoms with Crippen LogP contribution in [0.25, 0.3) is 6.08 Å². The fourth-order valence-corrected chi connectivity index (χ4v) is 3.46. The van der Waals surface area contributed by atoms with Crippen LogP contribution in [0.5, 0.6) is 0 Å².